The van der Waals surface area contributed by atoms with Crippen LogP contribution in [0, 0.1) is 5.92 Å². The molecule has 0 radical (unpaired) electrons. The van der Waals surface area contributed by atoms with Gasteiger partial charge < -0.3 is 37.6 Å². The lowest BCUT2D eigenvalue weighted by molar-refractivity contribution is -0.147. The van der Waals surface area contributed by atoms with Crippen LogP contribution in [-0.4, -0.2) is 70.5 Å². The van der Waals surface area contributed by atoms with E-state index in [0.717, 1.165) is 0 Å². The monoisotopic (exact) mass is 431 g/mol. The molecule has 30 heavy (non-hydrogen) atoms. The van der Waals surface area contributed by atoms with Crippen LogP contribution in [-0.2, 0) is 28.8 Å². The molecule has 9 N–H and O–H groups in total. The van der Waals surface area contributed by atoms with Gasteiger partial charge in [-0.15, -0.1) is 0 Å². The van der Waals surface area contributed by atoms with Crippen molar-refractivity contribution in [1.82, 2.24) is 16.0 Å². The van der Waals surface area contributed by atoms with Crippen molar-refractivity contribution < 1.29 is 39.0 Å². The number of nitrogens with two attached hydrogens (primary N) is 2. The second-order valence-corrected chi connectivity index (χ2v) is 7.08. The standard InChI is InChI=1S/C17H29N5O8/c1-8(2)5-10(22-15(27)9(18)3-4-12(19)23)16(28)20-7-13(24)21-11(17(29)30)6-14(25)26/h8-11H,3-7,18H2,1-2H3,(H2,19,23)(H,20,28)(H,21,24)(H,22,27)(H,25,26)(H,29,30). The number of carbonyl (C=O) groups excluding carboxylic acids is 4. The second-order valence-electron chi connectivity index (χ2n) is 7.08. The average Bonchev–Trinajstić information content (AvgIpc) is 2.61. The van der Waals surface area contributed by atoms with Gasteiger partial charge >= 0.3 is 11.9 Å². The summed E-state index contributed by atoms with van der Waals surface area (Å²) in [6.45, 7) is 2.98. The van der Waals surface area contributed by atoms with E-state index in [1.54, 1.807) is 13.8 Å². The third-order valence-electron chi connectivity index (χ3n) is 3.81. The van der Waals surface area contributed by atoms with Crippen LogP contribution in [0.4, 0.5) is 0 Å². The van der Waals surface area contributed by atoms with Crippen LogP contribution in [0.15, 0.2) is 0 Å². The van der Waals surface area contributed by atoms with Crippen LogP contribution in [0.1, 0.15) is 39.5 Å². The highest BCUT2D eigenvalue weighted by Gasteiger charge is 2.26. The number of amides is 4. The summed E-state index contributed by atoms with van der Waals surface area (Å²) in [6.07, 6.45) is -0.709. The first-order valence-corrected chi connectivity index (χ1v) is 9.19. The molecule has 0 saturated heterocycles. The van der Waals surface area contributed by atoms with Gasteiger partial charge in [-0.05, 0) is 18.8 Å². The van der Waals surface area contributed by atoms with Gasteiger partial charge in [-0.25, -0.2) is 4.79 Å². The Kier molecular flexibility index (Phi) is 11.7. The fraction of sp³-hybridized carbons (Fsp3) is 0.647. The molecule has 3 unspecified atom stereocenters. The minimum absolute atomic E-state index is 0.000254. The van der Waals surface area contributed by atoms with E-state index in [4.69, 9.17) is 21.7 Å². The molecule has 0 saturated carbocycles. The quantitative estimate of drug-likeness (QED) is 0.151. The van der Waals surface area contributed by atoms with Gasteiger partial charge in [-0.2, -0.15) is 0 Å². The Hall–Kier alpha value is -3.22. The molecule has 0 aliphatic carbocycles. The van der Waals surface area contributed by atoms with Crippen molar-refractivity contribution in [2.24, 2.45) is 17.4 Å². The van der Waals surface area contributed by atoms with Gasteiger partial charge in [-0.3, -0.25) is 24.0 Å². The molecule has 4 amide bonds. The van der Waals surface area contributed by atoms with Gasteiger partial charge in [0.25, 0.3) is 0 Å². The van der Waals surface area contributed by atoms with Crippen LogP contribution >= 0.6 is 0 Å². The largest absolute Gasteiger partial charge is 0.481 e. The normalized spacial score (nSPS) is 13.6. The predicted octanol–water partition coefficient (Wildman–Crippen LogP) is -2.73. The first-order valence-electron chi connectivity index (χ1n) is 9.19. The summed E-state index contributed by atoms with van der Waals surface area (Å²) in [6, 6.07) is -3.74. The van der Waals surface area contributed by atoms with E-state index in [9.17, 15) is 28.8 Å². The molecule has 0 aromatic rings. The van der Waals surface area contributed by atoms with E-state index in [1.165, 1.54) is 0 Å². The van der Waals surface area contributed by atoms with Gasteiger partial charge in [0.15, 0.2) is 0 Å². The average molecular weight is 431 g/mol. The third-order valence-corrected chi connectivity index (χ3v) is 3.81. The van der Waals surface area contributed by atoms with E-state index in [2.05, 4.69) is 10.6 Å². The number of hydrogen-bond acceptors (Lipinski definition) is 7. The van der Waals surface area contributed by atoms with Gasteiger partial charge in [0.2, 0.25) is 23.6 Å². The van der Waals surface area contributed by atoms with Gasteiger partial charge in [0.05, 0.1) is 19.0 Å². The lowest BCUT2D eigenvalue weighted by Crippen LogP contribution is -2.54. The summed E-state index contributed by atoms with van der Waals surface area (Å²) in [4.78, 5) is 68.7. The number of carbonyl (C=O) groups is 6. The maximum Gasteiger partial charge on any atom is 0.326 e. The zero-order chi connectivity index (χ0) is 23.4. The van der Waals surface area contributed by atoms with Crippen LogP contribution < -0.4 is 27.4 Å². The van der Waals surface area contributed by atoms with Gasteiger partial charge in [0, 0.05) is 6.42 Å². The second kappa shape index (κ2) is 13.1. The molecule has 3 atom stereocenters. The molecular weight excluding hydrogens is 402 g/mol. The molecule has 0 heterocycles. The summed E-state index contributed by atoms with van der Waals surface area (Å²) in [7, 11) is 0. The van der Waals surface area contributed by atoms with Gasteiger partial charge in [-0.1, -0.05) is 13.8 Å². The first kappa shape index (κ1) is 26.8. The van der Waals surface area contributed by atoms with E-state index >= 15 is 0 Å². The number of rotatable bonds is 14. The molecular formula is C17H29N5O8. The van der Waals surface area contributed by atoms with Crippen molar-refractivity contribution in [2.45, 2.75) is 57.7 Å². The van der Waals surface area contributed by atoms with Crippen molar-refractivity contribution in [3.63, 3.8) is 0 Å². The Balaban J connectivity index is 4.85. The van der Waals surface area contributed by atoms with Crippen molar-refractivity contribution in [1.29, 1.82) is 0 Å². The van der Waals surface area contributed by atoms with E-state index in [-0.39, 0.29) is 25.2 Å². The Morgan fingerprint density at radius 1 is 0.933 bits per heavy atom. The first-order chi connectivity index (χ1) is 13.8. The predicted molar refractivity (Wildman–Crippen MR) is 103 cm³/mol. The van der Waals surface area contributed by atoms with Crippen LogP contribution in [0.3, 0.4) is 0 Å². The Morgan fingerprint density at radius 3 is 2.00 bits per heavy atom. The van der Waals surface area contributed by atoms with Crippen LogP contribution in [0.25, 0.3) is 0 Å². The van der Waals surface area contributed by atoms with Crippen LogP contribution in [0.2, 0.25) is 0 Å². The number of hydrogen-bond donors (Lipinski definition) is 7. The molecule has 0 bridgehead atoms. The maximum atomic E-state index is 12.4. The van der Waals surface area contributed by atoms with E-state index in [1.807, 2.05) is 5.32 Å². The Morgan fingerprint density at radius 2 is 1.53 bits per heavy atom. The fourth-order valence-electron chi connectivity index (χ4n) is 2.32. The topological polar surface area (TPSA) is 231 Å². The van der Waals surface area contributed by atoms with Crippen LogP contribution in [0.5, 0.6) is 0 Å². The highest BCUT2D eigenvalue weighted by molar-refractivity contribution is 5.93. The highest BCUT2D eigenvalue weighted by Crippen LogP contribution is 2.06. The molecule has 0 aromatic carbocycles. The summed E-state index contributed by atoms with van der Waals surface area (Å²) in [5.74, 6) is -5.88. The number of carboxylic acid groups (broad SMARTS) is 2. The molecule has 170 valence electrons. The number of nitrogens with one attached hydrogen (secondary N) is 3. The maximum absolute atomic E-state index is 12.4. The van der Waals surface area contributed by atoms with Crippen molar-refractivity contribution in [3.8, 4) is 0 Å². The molecule has 0 aromatic heterocycles. The molecule has 0 aliphatic heterocycles. The van der Waals surface area contributed by atoms with E-state index < -0.39 is 66.7 Å². The summed E-state index contributed by atoms with van der Waals surface area (Å²) in [5, 5.41) is 24.3. The van der Waals surface area contributed by atoms with Gasteiger partial charge in [0.1, 0.15) is 12.1 Å². The fourth-order valence-corrected chi connectivity index (χ4v) is 2.32. The lowest BCUT2D eigenvalue weighted by atomic mass is 10.0. The molecule has 0 aliphatic rings. The highest BCUT2D eigenvalue weighted by atomic mass is 16.4. The smallest absolute Gasteiger partial charge is 0.326 e. The minimum Gasteiger partial charge on any atom is -0.481 e. The summed E-state index contributed by atoms with van der Waals surface area (Å²) in [5.41, 5.74) is 10.7. The SMILES string of the molecule is CC(C)CC(NC(=O)C(N)CCC(N)=O)C(=O)NCC(=O)NC(CC(=O)O)C(=O)O. The third kappa shape index (κ3) is 11.6. The Labute approximate surface area is 172 Å². The lowest BCUT2D eigenvalue weighted by Gasteiger charge is -2.22. The van der Waals surface area contributed by atoms with Crippen molar-refractivity contribution in [3.05, 3.63) is 0 Å². The summed E-state index contributed by atoms with van der Waals surface area (Å²) < 4.78 is 0. The summed E-state index contributed by atoms with van der Waals surface area (Å²) >= 11 is 0. The van der Waals surface area contributed by atoms with Crippen molar-refractivity contribution in [2.75, 3.05) is 6.54 Å². The minimum atomic E-state index is -1.65. The molecule has 0 spiro atoms. The molecule has 13 heteroatoms. The van der Waals surface area contributed by atoms with Crippen molar-refractivity contribution >= 4 is 35.6 Å². The zero-order valence-corrected chi connectivity index (χ0v) is 16.8. The number of aliphatic carboxylic acids is 2. The molecule has 0 rings (SSSR count). The molecule has 0 fully saturated rings. The number of primary amides is 1. The van der Waals surface area contributed by atoms with E-state index in [0.29, 0.717) is 0 Å². The Bertz CT molecular complexity index is 667. The number of carboxylic acids is 2. The zero-order valence-electron chi connectivity index (χ0n) is 16.8. The molecule has 13 nitrogen and oxygen atoms in total.